The summed E-state index contributed by atoms with van der Waals surface area (Å²) >= 11 is 12.0. The molecular weight excluding hydrogens is 603 g/mol. The molecule has 0 fully saturated rings. The van der Waals surface area contributed by atoms with Crippen molar-refractivity contribution < 1.29 is 18.6 Å². The van der Waals surface area contributed by atoms with E-state index in [2.05, 4.69) is 10.6 Å². The quantitative estimate of drug-likeness (QED) is 0.128. The van der Waals surface area contributed by atoms with E-state index in [0.29, 0.717) is 36.0 Å². The number of sulfone groups is 1. The molecule has 4 N–H and O–H groups in total. The largest absolute Gasteiger partial charge is 0.387 e. The highest BCUT2D eigenvalue weighted by atomic mass is 35.5. The molecule has 0 aromatic heterocycles. The molecule has 4 aromatic carbocycles. The van der Waals surface area contributed by atoms with E-state index in [1.165, 1.54) is 0 Å². The summed E-state index contributed by atoms with van der Waals surface area (Å²) in [6.07, 6.45) is 0.0125. The molecule has 4 aromatic rings. The van der Waals surface area contributed by atoms with Crippen molar-refractivity contribution >= 4 is 33.0 Å². The lowest BCUT2D eigenvalue weighted by Crippen LogP contribution is -2.32. The van der Waals surface area contributed by atoms with Gasteiger partial charge >= 0.3 is 0 Å². The predicted octanol–water partition coefficient (Wildman–Crippen LogP) is 6.33. The fourth-order valence-electron chi connectivity index (χ4n) is 4.89. The molecular formula is C34H38Cl2N2O4S. The molecule has 0 radical (unpaired) electrons. The number of hydrogen-bond donors (Lipinski definition) is 4. The average molecular weight is 642 g/mol. The first kappa shape index (κ1) is 33.1. The fraction of sp³-hybridized carbons (Fsp3) is 0.294. The molecule has 4 atom stereocenters. The second kappa shape index (κ2) is 15.3. The average Bonchev–Trinajstić information content (AvgIpc) is 2.99. The molecule has 0 amide bonds. The Morgan fingerprint density at radius 1 is 0.628 bits per heavy atom. The topological polar surface area (TPSA) is 98.7 Å². The van der Waals surface area contributed by atoms with E-state index >= 15 is 0 Å². The lowest BCUT2D eigenvalue weighted by atomic mass is 10.1. The van der Waals surface area contributed by atoms with E-state index in [-0.39, 0.29) is 21.9 Å². The van der Waals surface area contributed by atoms with Crippen LogP contribution in [-0.4, -0.2) is 43.8 Å². The van der Waals surface area contributed by atoms with E-state index in [9.17, 15) is 18.6 Å². The molecule has 6 nitrogen and oxygen atoms in total. The lowest BCUT2D eigenvalue weighted by molar-refractivity contribution is 0.170. The van der Waals surface area contributed by atoms with Crippen LogP contribution in [0.25, 0.3) is 0 Å². The number of hydrogen-bond acceptors (Lipinski definition) is 6. The van der Waals surface area contributed by atoms with Crippen molar-refractivity contribution in [2.75, 3.05) is 13.1 Å². The van der Waals surface area contributed by atoms with Crippen molar-refractivity contribution in [3.05, 3.63) is 129 Å². The minimum atomic E-state index is -3.66. The number of aliphatic hydroxyl groups excluding tert-OH is 2. The summed E-state index contributed by atoms with van der Waals surface area (Å²) in [5.41, 5.74) is 3.50. The van der Waals surface area contributed by atoms with Gasteiger partial charge in [0, 0.05) is 35.2 Å². The van der Waals surface area contributed by atoms with Crippen molar-refractivity contribution in [2.24, 2.45) is 0 Å². The minimum absolute atomic E-state index is 0.0702. The van der Waals surface area contributed by atoms with Crippen LogP contribution < -0.4 is 10.6 Å². The van der Waals surface area contributed by atoms with Crippen LogP contribution in [0.4, 0.5) is 0 Å². The van der Waals surface area contributed by atoms with Crippen LogP contribution in [0.15, 0.2) is 107 Å². The third-order valence-corrected chi connectivity index (χ3v) is 9.59. The highest BCUT2D eigenvalue weighted by Gasteiger charge is 2.18. The van der Waals surface area contributed by atoms with Crippen LogP contribution in [-0.2, 0) is 22.7 Å². The van der Waals surface area contributed by atoms with Crippen LogP contribution in [0.5, 0.6) is 0 Å². The van der Waals surface area contributed by atoms with Crippen LogP contribution in [0.3, 0.4) is 0 Å². The molecule has 228 valence electrons. The molecule has 0 saturated heterocycles. The zero-order chi connectivity index (χ0) is 31.0. The van der Waals surface area contributed by atoms with Crippen LogP contribution >= 0.6 is 23.2 Å². The van der Waals surface area contributed by atoms with Crippen LogP contribution in [0, 0.1) is 0 Å². The summed E-state index contributed by atoms with van der Waals surface area (Å²) in [6, 6.07) is 28.4. The lowest BCUT2D eigenvalue weighted by Gasteiger charge is -2.18. The Balaban J connectivity index is 1.27. The molecule has 0 aliphatic rings. The smallest absolute Gasteiger partial charge is 0.206 e. The molecule has 0 unspecified atom stereocenters. The van der Waals surface area contributed by atoms with Crippen LogP contribution in [0.1, 0.15) is 48.3 Å². The van der Waals surface area contributed by atoms with Gasteiger partial charge in [0.1, 0.15) is 0 Å². The minimum Gasteiger partial charge on any atom is -0.387 e. The van der Waals surface area contributed by atoms with Gasteiger partial charge in [0.15, 0.2) is 0 Å². The molecule has 43 heavy (non-hydrogen) atoms. The molecule has 4 rings (SSSR count). The van der Waals surface area contributed by atoms with E-state index in [1.807, 2.05) is 62.4 Å². The van der Waals surface area contributed by atoms with E-state index < -0.39 is 22.0 Å². The Bertz CT molecular complexity index is 1470. The molecule has 0 heterocycles. The first-order valence-electron chi connectivity index (χ1n) is 14.3. The maximum Gasteiger partial charge on any atom is 0.206 e. The zero-order valence-corrected chi connectivity index (χ0v) is 26.6. The Morgan fingerprint density at radius 2 is 1.00 bits per heavy atom. The van der Waals surface area contributed by atoms with Gasteiger partial charge in [-0.3, -0.25) is 0 Å². The Hall–Kier alpha value is -2.75. The summed E-state index contributed by atoms with van der Waals surface area (Å²) in [7, 11) is -3.66. The second-order valence-electron chi connectivity index (χ2n) is 11.0. The third-order valence-electron chi connectivity index (χ3n) is 7.34. The van der Waals surface area contributed by atoms with Gasteiger partial charge in [-0.05, 0) is 97.5 Å². The molecule has 0 saturated carbocycles. The van der Waals surface area contributed by atoms with Crippen molar-refractivity contribution in [2.45, 2.75) is 60.8 Å². The third kappa shape index (κ3) is 9.62. The van der Waals surface area contributed by atoms with Gasteiger partial charge in [0.25, 0.3) is 0 Å². The van der Waals surface area contributed by atoms with Crippen LogP contribution in [0.2, 0.25) is 10.0 Å². The Labute approximate surface area is 264 Å². The number of rotatable bonds is 14. The summed E-state index contributed by atoms with van der Waals surface area (Å²) in [6.45, 7) is 4.80. The number of halogens is 2. The number of nitrogens with one attached hydrogen (secondary N) is 2. The highest BCUT2D eigenvalue weighted by molar-refractivity contribution is 7.91. The van der Waals surface area contributed by atoms with E-state index in [0.717, 1.165) is 22.3 Å². The first-order chi connectivity index (χ1) is 20.5. The number of benzene rings is 4. The summed E-state index contributed by atoms with van der Waals surface area (Å²) in [5, 5.41) is 28.7. The van der Waals surface area contributed by atoms with Gasteiger partial charge in [-0.2, -0.15) is 0 Å². The maximum atomic E-state index is 13.3. The van der Waals surface area contributed by atoms with Gasteiger partial charge in [-0.15, -0.1) is 0 Å². The summed E-state index contributed by atoms with van der Waals surface area (Å²) in [4.78, 5) is 0.483. The molecule has 0 aliphatic carbocycles. The van der Waals surface area contributed by atoms with E-state index in [4.69, 9.17) is 23.2 Å². The second-order valence-corrected chi connectivity index (χ2v) is 13.8. The first-order valence-corrected chi connectivity index (χ1v) is 16.5. The molecule has 0 spiro atoms. The summed E-state index contributed by atoms with van der Waals surface area (Å²) < 4.78 is 26.5. The standard InChI is InChI=1S/C34H38Cl2N2O4S/c1-23(37-21-33(39)27-5-3-7-29(35)19-27)17-25-9-13-31(14-10-25)43(41,42)32-15-11-26(12-16-32)18-24(2)38-22-34(40)28-6-4-8-30(36)20-28/h3-16,19-20,23-24,33-34,37-40H,17-18,21-22H2,1-2H3/t23-,24-,33+,34+/m1/s1. The Kier molecular flexibility index (Phi) is 11.8. The van der Waals surface area contributed by atoms with Gasteiger partial charge in [0.2, 0.25) is 9.84 Å². The zero-order valence-electron chi connectivity index (χ0n) is 24.3. The highest BCUT2D eigenvalue weighted by Crippen LogP contribution is 2.23. The molecule has 0 aliphatic heterocycles. The monoisotopic (exact) mass is 640 g/mol. The van der Waals surface area contributed by atoms with Gasteiger partial charge in [-0.25, -0.2) is 8.42 Å². The van der Waals surface area contributed by atoms with Crippen molar-refractivity contribution in [1.29, 1.82) is 0 Å². The fourth-order valence-corrected chi connectivity index (χ4v) is 6.54. The van der Waals surface area contributed by atoms with Gasteiger partial charge < -0.3 is 20.8 Å². The van der Waals surface area contributed by atoms with Crippen molar-refractivity contribution in [1.82, 2.24) is 10.6 Å². The van der Waals surface area contributed by atoms with Crippen molar-refractivity contribution in [3.63, 3.8) is 0 Å². The maximum absolute atomic E-state index is 13.3. The number of aliphatic hydroxyl groups is 2. The van der Waals surface area contributed by atoms with E-state index in [1.54, 1.807) is 48.5 Å². The molecule has 9 heteroatoms. The Morgan fingerprint density at radius 3 is 1.35 bits per heavy atom. The van der Waals surface area contributed by atoms with Gasteiger partial charge in [-0.1, -0.05) is 71.7 Å². The van der Waals surface area contributed by atoms with Gasteiger partial charge in [0.05, 0.1) is 22.0 Å². The SMILES string of the molecule is C[C@H](Cc1ccc(S(=O)(=O)c2ccc(C[C@@H](C)NC[C@H](O)c3cccc(Cl)c3)cc2)cc1)NC[C@H](O)c1cccc(Cl)c1. The molecule has 0 bridgehead atoms. The van der Waals surface area contributed by atoms with Crippen molar-refractivity contribution in [3.8, 4) is 0 Å². The summed E-state index contributed by atoms with van der Waals surface area (Å²) in [5.74, 6) is 0. The predicted molar refractivity (Wildman–Crippen MR) is 173 cm³/mol. The normalized spacial score (nSPS) is 14.7.